The van der Waals surface area contributed by atoms with E-state index in [1.807, 2.05) is 21.6 Å². The topological polar surface area (TPSA) is 84.5 Å². The van der Waals surface area contributed by atoms with Gasteiger partial charge in [0.05, 0.1) is 0 Å². The van der Waals surface area contributed by atoms with E-state index in [-0.39, 0.29) is 0 Å². The summed E-state index contributed by atoms with van der Waals surface area (Å²) >= 11 is 5.74. The van der Waals surface area contributed by atoms with E-state index in [0.29, 0.717) is 22.3 Å². The van der Waals surface area contributed by atoms with E-state index in [1.165, 1.54) is 24.3 Å². The van der Waals surface area contributed by atoms with Gasteiger partial charge in [0.2, 0.25) is 0 Å². The lowest BCUT2D eigenvalue weighted by atomic mass is 10.1. The summed E-state index contributed by atoms with van der Waals surface area (Å²) in [6, 6.07) is 6.22. The maximum Gasteiger partial charge on any atom is 0.306 e. The molecule has 0 bridgehead atoms. The first-order valence-electron chi connectivity index (χ1n) is 8.33. The number of hydrogen-bond donors (Lipinski definition) is 2. The van der Waals surface area contributed by atoms with Gasteiger partial charge < -0.3 is 4.74 Å². The van der Waals surface area contributed by atoms with Crippen LogP contribution in [0.4, 0.5) is 0 Å². The summed E-state index contributed by atoms with van der Waals surface area (Å²) < 4.78 is 4.90. The molecule has 6 nitrogen and oxygen atoms in total. The second kappa shape index (κ2) is 11.4. The summed E-state index contributed by atoms with van der Waals surface area (Å²) in [6.45, 7) is -0.422. The van der Waals surface area contributed by atoms with Crippen molar-refractivity contribution in [2.24, 2.45) is 0 Å². The van der Waals surface area contributed by atoms with E-state index in [2.05, 4.69) is 10.9 Å². The summed E-state index contributed by atoms with van der Waals surface area (Å²) in [4.78, 5) is 35.0. The highest BCUT2D eigenvalue weighted by Gasteiger charge is 2.16. The number of carbonyl (C=O) groups is 3. The minimum absolute atomic E-state index is 0.301. The molecule has 1 heterocycles. The Morgan fingerprint density at radius 3 is 2.62 bits per heavy atom. The molecule has 0 aliphatic carbocycles. The summed E-state index contributed by atoms with van der Waals surface area (Å²) in [5, 5.41) is 1.21. The number of hydrogen-bond acceptors (Lipinski definition) is 6. The van der Waals surface area contributed by atoms with Crippen LogP contribution in [0.25, 0.3) is 0 Å². The number of amides is 2. The fraction of sp³-hybridized carbons (Fsp3) is 0.471. The fourth-order valence-corrected chi connectivity index (χ4v) is 5.41. The SMILES string of the molecule is O=C(COC(=O)CCCC[C@H]1CCSS1)NNC(=O)c1ccc(Cl)cc1. The Bertz CT molecular complexity index is 622. The molecule has 2 amide bonds. The van der Waals surface area contributed by atoms with Gasteiger partial charge in [-0.3, -0.25) is 25.2 Å². The third-order valence-corrected chi connectivity index (χ3v) is 6.93. The van der Waals surface area contributed by atoms with Gasteiger partial charge in [0.25, 0.3) is 11.8 Å². The van der Waals surface area contributed by atoms with Crippen LogP contribution in [0, 0.1) is 0 Å². The Morgan fingerprint density at radius 2 is 1.92 bits per heavy atom. The summed E-state index contributed by atoms with van der Waals surface area (Å²) in [6.07, 6.45) is 4.39. The first-order chi connectivity index (χ1) is 12.5. The molecule has 1 atom stereocenters. The monoisotopic (exact) mass is 416 g/mol. The van der Waals surface area contributed by atoms with Crippen molar-refractivity contribution >= 4 is 51.0 Å². The van der Waals surface area contributed by atoms with Crippen LogP contribution in [0.15, 0.2) is 24.3 Å². The first kappa shape index (κ1) is 20.9. The zero-order chi connectivity index (χ0) is 18.8. The van der Waals surface area contributed by atoms with E-state index >= 15 is 0 Å². The summed E-state index contributed by atoms with van der Waals surface area (Å²) in [5.41, 5.74) is 4.80. The zero-order valence-corrected chi connectivity index (χ0v) is 16.6. The van der Waals surface area contributed by atoms with Gasteiger partial charge in [0, 0.05) is 28.0 Å². The van der Waals surface area contributed by atoms with Crippen LogP contribution < -0.4 is 10.9 Å². The molecule has 1 fully saturated rings. The molecule has 2 rings (SSSR count). The van der Waals surface area contributed by atoms with Crippen molar-refractivity contribution in [3.63, 3.8) is 0 Å². The lowest BCUT2D eigenvalue weighted by Crippen LogP contribution is -2.43. The van der Waals surface area contributed by atoms with E-state index in [9.17, 15) is 14.4 Å². The summed E-state index contributed by atoms with van der Waals surface area (Å²) in [7, 11) is 3.84. The van der Waals surface area contributed by atoms with Gasteiger partial charge in [-0.05, 0) is 43.5 Å². The maximum atomic E-state index is 11.8. The molecular weight excluding hydrogens is 396 g/mol. The Balaban J connectivity index is 1.53. The Kier molecular flexibility index (Phi) is 9.14. The van der Waals surface area contributed by atoms with Crippen LogP contribution in [0.1, 0.15) is 42.5 Å². The first-order valence-corrected chi connectivity index (χ1v) is 11.1. The van der Waals surface area contributed by atoms with E-state index in [0.717, 1.165) is 19.3 Å². The van der Waals surface area contributed by atoms with Crippen LogP contribution in [0.5, 0.6) is 0 Å². The smallest absolute Gasteiger partial charge is 0.306 e. The molecule has 2 N–H and O–H groups in total. The highest BCUT2D eigenvalue weighted by atomic mass is 35.5. The van der Waals surface area contributed by atoms with Crippen LogP contribution in [-0.4, -0.2) is 35.4 Å². The van der Waals surface area contributed by atoms with Crippen LogP contribution in [0.2, 0.25) is 5.02 Å². The number of benzene rings is 1. The molecule has 9 heteroatoms. The fourth-order valence-electron chi connectivity index (χ4n) is 2.26. The maximum absolute atomic E-state index is 11.8. The van der Waals surface area contributed by atoms with Crippen LogP contribution in [0.3, 0.4) is 0 Å². The second-order valence-electron chi connectivity index (χ2n) is 5.74. The third kappa shape index (κ3) is 7.88. The van der Waals surface area contributed by atoms with Crippen molar-refractivity contribution < 1.29 is 19.1 Å². The molecule has 0 aromatic heterocycles. The molecule has 0 saturated carbocycles. The number of nitrogens with one attached hydrogen (secondary N) is 2. The number of esters is 1. The summed E-state index contributed by atoms with van der Waals surface area (Å²) in [5.74, 6) is -0.275. The van der Waals surface area contributed by atoms with Gasteiger partial charge in [-0.2, -0.15) is 0 Å². The predicted molar refractivity (Wildman–Crippen MR) is 105 cm³/mol. The average molecular weight is 417 g/mol. The Hall–Kier alpha value is -1.38. The quantitative estimate of drug-likeness (QED) is 0.292. The number of hydrazine groups is 1. The number of unbranched alkanes of at least 4 members (excludes halogenated alkanes) is 1. The van der Waals surface area contributed by atoms with Crippen molar-refractivity contribution in [1.29, 1.82) is 0 Å². The number of halogens is 1. The predicted octanol–water partition coefficient (Wildman–Crippen LogP) is 3.36. The molecule has 1 aliphatic heterocycles. The highest BCUT2D eigenvalue weighted by Crippen LogP contribution is 2.39. The lowest BCUT2D eigenvalue weighted by Gasteiger charge is -2.09. The average Bonchev–Trinajstić information content (AvgIpc) is 3.15. The van der Waals surface area contributed by atoms with Crippen molar-refractivity contribution in [3.05, 3.63) is 34.9 Å². The van der Waals surface area contributed by atoms with Crippen molar-refractivity contribution in [2.75, 3.05) is 12.4 Å². The normalized spacial score (nSPS) is 16.1. The Labute approximate surface area is 165 Å². The van der Waals surface area contributed by atoms with E-state index < -0.39 is 24.4 Å². The van der Waals surface area contributed by atoms with Gasteiger partial charge in [-0.15, -0.1) is 0 Å². The van der Waals surface area contributed by atoms with Crippen molar-refractivity contribution in [3.8, 4) is 0 Å². The van der Waals surface area contributed by atoms with Crippen LogP contribution in [-0.2, 0) is 14.3 Å². The highest BCUT2D eigenvalue weighted by molar-refractivity contribution is 8.77. The van der Waals surface area contributed by atoms with Gasteiger partial charge in [-0.25, -0.2) is 0 Å². The molecule has 1 aliphatic rings. The molecule has 1 aromatic rings. The van der Waals surface area contributed by atoms with Gasteiger partial charge in [-0.1, -0.05) is 39.6 Å². The van der Waals surface area contributed by atoms with Gasteiger partial charge >= 0.3 is 5.97 Å². The molecule has 1 saturated heterocycles. The number of rotatable bonds is 8. The molecule has 0 spiro atoms. The number of carbonyl (C=O) groups excluding carboxylic acids is 3. The van der Waals surface area contributed by atoms with Crippen molar-refractivity contribution in [2.45, 2.75) is 37.4 Å². The number of ether oxygens (including phenoxy) is 1. The molecule has 0 radical (unpaired) electrons. The second-order valence-corrected chi connectivity index (χ2v) is 8.97. The largest absolute Gasteiger partial charge is 0.455 e. The van der Waals surface area contributed by atoms with E-state index in [4.69, 9.17) is 16.3 Å². The minimum atomic E-state index is -0.597. The third-order valence-electron chi connectivity index (χ3n) is 3.67. The van der Waals surface area contributed by atoms with E-state index in [1.54, 1.807) is 12.1 Å². The van der Waals surface area contributed by atoms with Gasteiger partial charge in [0.15, 0.2) is 6.61 Å². The zero-order valence-electron chi connectivity index (χ0n) is 14.2. The van der Waals surface area contributed by atoms with Gasteiger partial charge in [0.1, 0.15) is 0 Å². The molecule has 1 aromatic carbocycles. The standard InChI is InChI=1S/C17H21ClN2O4S2/c18-13-7-5-12(6-8-13)17(23)20-19-15(21)11-24-16(22)4-2-1-3-14-9-10-25-26-14/h5-8,14H,1-4,9-11H2,(H,19,21)(H,20,23)/t14-/m0/s1. The Morgan fingerprint density at radius 1 is 1.15 bits per heavy atom. The molecule has 26 heavy (non-hydrogen) atoms. The molecule has 142 valence electrons. The molecular formula is C17H21ClN2O4S2. The minimum Gasteiger partial charge on any atom is -0.455 e. The lowest BCUT2D eigenvalue weighted by molar-refractivity contribution is -0.148. The van der Waals surface area contributed by atoms with Crippen LogP contribution >= 0.6 is 33.2 Å². The van der Waals surface area contributed by atoms with Crippen molar-refractivity contribution in [1.82, 2.24) is 10.9 Å². The molecule has 0 unspecified atom stereocenters.